The number of aromatic nitrogens is 1. The molecule has 0 saturated carbocycles. The Kier molecular flexibility index (Phi) is 3.90. The van der Waals surface area contributed by atoms with E-state index in [0.717, 1.165) is 30.9 Å². The van der Waals surface area contributed by atoms with E-state index in [1.807, 2.05) is 39.0 Å². The minimum absolute atomic E-state index is 0.153. The molecule has 1 N–H and O–H groups in total. The number of carboxylic acids is 1. The lowest BCUT2D eigenvalue weighted by Gasteiger charge is -2.28. The molecular weight excluding hydrogens is 240 g/mol. The number of carboxylic acid groups (broad SMARTS) is 1. The minimum atomic E-state index is -0.665. The molecule has 4 nitrogen and oxygen atoms in total. The van der Waals surface area contributed by atoms with Gasteiger partial charge in [-0.1, -0.05) is 19.9 Å². The molecule has 2 rings (SSSR count). The third-order valence-corrected chi connectivity index (χ3v) is 4.24. The summed E-state index contributed by atoms with van der Waals surface area (Å²) in [4.78, 5) is 18.3. The summed E-state index contributed by atoms with van der Waals surface area (Å²) in [5.41, 5.74) is 1.43. The number of rotatable bonds is 4. The van der Waals surface area contributed by atoms with Gasteiger partial charge >= 0.3 is 5.97 Å². The molecule has 1 aliphatic heterocycles. The second-order valence-electron chi connectivity index (χ2n) is 5.85. The van der Waals surface area contributed by atoms with Crippen LogP contribution < -0.4 is 0 Å². The molecule has 0 aromatic carbocycles. The van der Waals surface area contributed by atoms with Crippen molar-refractivity contribution in [1.29, 1.82) is 0 Å². The molecule has 1 atom stereocenters. The van der Waals surface area contributed by atoms with Crippen LogP contribution in [-0.4, -0.2) is 34.0 Å². The molecule has 0 spiro atoms. The highest BCUT2D eigenvalue weighted by atomic mass is 16.4. The van der Waals surface area contributed by atoms with Crippen molar-refractivity contribution >= 4 is 5.97 Å². The Balaban J connectivity index is 2.08. The van der Waals surface area contributed by atoms with Crippen LogP contribution in [0.2, 0.25) is 0 Å². The van der Waals surface area contributed by atoms with Crippen molar-refractivity contribution < 1.29 is 9.90 Å². The molecule has 0 radical (unpaired) electrons. The summed E-state index contributed by atoms with van der Waals surface area (Å²) in [5, 5.41) is 9.52. The van der Waals surface area contributed by atoms with E-state index < -0.39 is 11.4 Å². The number of carbonyl (C=O) groups is 1. The van der Waals surface area contributed by atoms with Gasteiger partial charge in [-0.25, -0.2) is 0 Å². The Hall–Kier alpha value is -1.42. The van der Waals surface area contributed by atoms with Crippen molar-refractivity contribution in [2.24, 2.45) is 11.3 Å². The molecule has 0 bridgehead atoms. The number of aryl methyl sites for hydroxylation is 1. The van der Waals surface area contributed by atoms with Crippen LogP contribution >= 0.6 is 0 Å². The molecule has 2 heterocycles. The van der Waals surface area contributed by atoms with Crippen molar-refractivity contribution in [1.82, 2.24) is 9.88 Å². The molecule has 0 aliphatic carbocycles. The Bertz CT molecular complexity index is 473. The fourth-order valence-electron chi connectivity index (χ4n) is 2.86. The second-order valence-corrected chi connectivity index (χ2v) is 5.85. The maximum absolute atomic E-state index is 11.6. The Labute approximate surface area is 114 Å². The van der Waals surface area contributed by atoms with Gasteiger partial charge in [0.25, 0.3) is 0 Å². The van der Waals surface area contributed by atoms with E-state index in [1.165, 1.54) is 0 Å². The molecule has 1 saturated heterocycles. The summed E-state index contributed by atoms with van der Waals surface area (Å²) in [6, 6.07) is 5.98. The van der Waals surface area contributed by atoms with Gasteiger partial charge in [0, 0.05) is 18.8 Å². The van der Waals surface area contributed by atoms with E-state index in [2.05, 4.69) is 9.88 Å². The van der Waals surface area contributed by atoms with Crippen LogP contribution in [0, 0.1) is 18.3 Å². The minimum Gasteiger partial charge on any atom is -0.481 e. The average Bonchev–Trinajstić information content (AvgIpc) is 2.74. The zero-order chi connectivity index (χ0) is 14.0. The van der Waals surface area contributed by atoms with Gasteiger partial charge in [-0.3, -0.25) is 14.7 Å². The SMILES string of the molecule is Cc1cccc(CN2CCC(C(=O)O)(C(C)C)C2)n1. The summed E-state index contributed by atoms with van der Waals surface area (Å²) >= 11 is 0. The standard InChI is InChI=1S/C15H22N2O2/c1-11(2)15(14(18)19)7-8-17(10-15)9-13-6-4-5-12(3)16-13/h4-6,11H,7-10H2,1-3H3,(H,18,19). The lowest BCUT2D eigenvalue weighted by atomic mass is 9.76. The zero-order valence-electron chi connectivity index (χ0n) is 11.9. The number of nitrogens with zero attached hydrogens (tertiary/aromatic N) is 2. The molecule has 1 aromatic heterocycles. The summed E-state index contributed by atoms with van der Waals surface area (Å²) in [7, 11) is 0. The lowest BCUT2D eigenvalue weighted by Crippen LogP contribution is -2.39. The van der Waals surface area contributed by atoms with E-state index in [4.69, 9.17) is 0 Å². The highest BCUT2D eigenvalue weighted by Gasteiger charge is 2.47. The molecule has 1 aromatic rings. The van der Waals surface area contributed by atoms with Gasteiger partial charge in [0.2, 0.25) is 0 Å². The molecule has 1 unspecified atom stereocenters. The van der Waals surface area contributed by atoms with E-state index >= 15 is 0 Å². The van der Waals surface area contributed by atoms with Gasteiger partial charge < -0.3 is 5.11 Å². The van der Waals surface area contributed by atoms with E-state index in [1.54, 1.807) is 0 Å². The first-order valence-corrected chi connectivity index (χ1v) is 6.82. The largest absolute Gasteiger partial charge is 0.481 e. The third kappa shape index (κ3) is 2.78. The van der Waals surface area contributed by atoms with Crippen molar-refractivity contribution in [2.45, 2.75) is 33.7 Å². The fourth-order valence-corrected chi connectivity index (χ4v) is 2.86. The predicted molar refractivity (Wildman–Crippen MR) is 73.8 cm³/mol. The summed E-state index contributed by atoms with van der Waals surface area (Å²) in [6.07, 6.45) is 0.728. The summed E-state index contributed by atoms with van der Waals surface area (Å²) in [5.74, 6) is -0.511. The van der Waals surface area contributed by atoms with E-state index in [0.29, 0.717) is 6.54 Å². The first kappa shape index (κ1) is 14.0. The molecule has 1 aliphatic rings. The Morgan fingerprint density at radius 3 is 2.79 bits per heavy atom. The van der Waals surface area contributed by atoms with Crippen LogP contribution in [0.1, 0.15) is 31.7 Å². The maximum Gasteiger partial charge on any atom is 0.311 e. The molecule has 1 fully saturated rings. The highest BCUT2D eigenvalue weighted by Crippen LogP contribution is 2.38. The fraction of sp³-hybridized carbons (Fsp3) is 0.600. The smallest absolute Gasteiger partial charge is 0.311 e. The number of hydrogen-bond donors (Lipinski definition) is 1. The number of likely N-dealkylation sites (tertiary alicyclic amines) is 1. The van der Waals surface area contributed by atoms with E-state index in [-0.39, 0.29) is 5.92 Å². The molecular formula is C15H22N2O2. The van der Waals surface area contributed by atoms with Crippen molar-refractivity contribution in [3.05, 3.63) is 29.6 Å². The number of hydrogen-bond acceptors (Lipinski definition) is 3. The topological polar surface area (TPSA) is 53.4 Å². The van der Waals surface area contributed by atoms with Gasteiger partial charge in [0.1, 0.15) is 0 Å². The van der Waals surface area contributed by atoms with Gasteiger partial charge in [-0.05, 0) is 37.9 Å². The van der Waals surface area contributed by atoms with Crippen molar-refractivity contribution in [2.75, 3.05) is 13.1 Å². The monoisotopic (exact) mass is 262 g/mol. The molecule has 104 valence electrons. The van der Waals surface area contributed by atoms with Gasteiger partial charge in [-0.2, -0.15) is 0 Å². The van der Waals surface area contributed by atoms with E-state index in [9.17, 15) is 9.90 Å². The summed E-state index contributed by atoms with van der Waals surface area (Å²) in [6.45, 7) is 8.17. The zero-order valence-corrected chi connectivity index (χ0v) is 11.9. The number of aliphatic carboxylic acids is 1. The third-order valence-electron chi connectivity index (χ3n) is 4.24. The van der Waals surface area contributed by atoms with Gasteiger partial charge in [0.15, 0.2) is 0 Å². The van der Waals surface area contributed by atoms with Crippen LogP contribution in [0.5, 0.6) is 0 Å². The van der Waals surface area contributed by atoms with Crippen molar-refractivity contribution in [3.63, 3.8) is 0 Å². The second kappa shape index (κ2) is 5.29. The molecule has 0 amide bonds. The summed E-state index contributed by atoms with van der Waals surface area (Å²) < 4.78 is 0. The van der Waals surface area contributed by atoms with Crippen LogP contribution in [0.3, 0.4) is 0 Å². The van der Waals surface area contributed by atoms with Crippen molar-refractivity contribution in [3.8, 4) is 0 Å². The van der Waals surface area contributed by atoms with Crippen LogP contribution in [0.25, 0.3) is 0 Å². The average molecular weight is 262 g/mol. The predicted octanol–water partition coefficient (Wildman–Crippen LogP) is 2.32. The highest BCUT2D eigenvalue weighted by molar-refractivity contribution is 5.75. The quantitative estimate of drug-likeness (QED) is 0.904. The molecule has 19 heavy (non-hydrogen) atoms. The molecule has 4 heteroatoms. The maximum atomic E-state index is 11.6. The number of pyridine rings is 1. The first-order valence-electron chi connectivity index (χ1n) is 6.82. The van der Waals surface area contributed by atoms with Gasteiger partial charge in [-0.15, -0.1) is 0 Å². The Morgan fingerprint density at radius 1 is 1.53 bits per heavy atom. The Morgan fingerprint density at radius 2 is 2.26 bits per heavy atom. The normalized spacial score (nSPS) is 24.0. The van der Waals surface area contributed by atoms with Crippen LogP contribution in [-0.2, 0) is 11.3 Å². The van der Waals surface area contributed by atoms with Crippen LogP contribution in [0.4, 0.5) is 0 Å². The lowest BCUT2D eigenvalue weighted by molar-refractivity contribution is -0.151. The van der Waals surface area contributed by atoms with Crippen LogP contribution in [0.15, 0.2) is 18.2 Å². The van der Waals surface area contributed by atoms with Gasteiger partial charge in [0.05, 0.1) is 11.1 Å². The first-order chi connectivity index (χ1) is 8.94.